The van der Waals surface area contributed by atoms with Gasteiger partial charge in [0.2, 0.25) is 0 Å². The summed E-state index contributed by atoms with van der Waals surface area (Å²) in [5.41, 5.74) is 1.11. The third-order valence-corrected chi connectivity index (χ3v) is 3.26. The first-order valence-corrected chi connectivity index (χ1v) is 6.25. The first-order valence-electron chi connectivity index (χ1n) is 5.82. The molecule has 2 rings (SSSR count). The highest BCUT2D eigenvalue weighted by atomic mass is 35.5. The van der Waals surface area contributed by atoms with Crippen LogP contribution in [0.3, 0.4) is 0 Å². The third kappa shape index (κ3) is 3.44. The summed E-state index contributed by atoms with van der Waals surface area (Å²) in [7, 11) is 1.58. The van der Waals surface area contributed by atoms with Crippen LogP contribution in [0.15, 0.2) is 42.5 Å². The highest BCUT2D eigenvalue weighted by Gasteiger charge is 2.14. The first-order chi connectivity index (χ1) is 9.10. The lowest BCUT2D eigenvalue weighted by molar-refractivity contribution is 0.414. The van der Waals surface area contributed by atoms with Gasteiger partial charge in [-0.2, -0.15) is 0 Å². The Balaban J connectivity index is 2.15. The van der Waals surface area contributed by atoms with Gasteiger partial charge in [0, 0.05) is 5.56 Å². The van der Waals surface area contributed by atoms with Gasteiger partial charge in [-0.25, -0.2) is 8.78 Å². The van der Waals surface area contributed by atoms with Crippen molar-refractivity contribution in [3.05, 3.63) is 65.2 Å². The maximum absolute atomic E-state index is 13.6. The molecule has 1 nitrogen and oxygen atoms in total. The van der Waals surface area contributed by atoms with Gasteiger partial charge in [0.15, 0.2) is 0 Å². The van der Waals surface area contributed by atoms with Gasteiger partial charge < -0.3 is 4.74 Å². The average molecular weight is 283 g/mol. The number of benzene rings is 2. The largest absolute Gasteiger partial charge is 0.497 e. The molecule has 0 heterocycles. The number of hydrogen-bond acceptors (Lipinski definition) is 1. The van der Waals surface area contributed by atoms with Crippen molar-refractivity contribution in [1.82, 2.24) is 0 Å². The van der Waals surface area contributed by atoms with E-state index >= 15 is 0 Å². The van der Waals surface area contributed by atoms with Crippen molar-refractivity contribution in [3.8, 4) is 5.75 Å². The van der Waals surface area contributed by atoms with Crippen molar-refractivity contribution in [2.75, 3.05) is 7.11 Å². The van der Waals surface area contributed by atoms with Crippen LogP contribution in [-0.4, -0.2) is 7.11 Å². The Labute approximate surface area is 115 Å². The topological polar surface area (TPSA) is 9.23 Å². The van der Waals surface area contributed by atoms with E-state index in [4.69, 9.17) is 16.3 Å². The van der Waals surface area contributed by atoms with E-state index in [1.54, 1.807) is 19.2 Å². The Morgan fingerprint density at radius 1 is 1.11 bits per heavy atom. The Morgan fingerprint density at radius 3 is 2.42 bits per heavy atom. The van der Waals surface area contributed by atoms with Crippen LogP contribution in [0.5, 0.6) is 5.75 Å². The molecule has 0 fully saturated rings. The van der Waals surface area contributed by atoms with E-state index in [1.807, 2.05) is 12.1 Å². The molecule has 1 atom stereocenters. The van der Waals surface area contributed by atoms with Crippen LogP contribution in [0.2, 0.25) is 0 Å². The molecule has 2 aromatic rings. The van der Waals surface area contributed by atoms with Gasteiger partial charge in [-0.3, -0.25) is 0 Å². The van der Waals surface area contributed by atoms with E-state index in [-0.39, 0.29) is 5.56 Å². The number of alkyl halides is 1. The van der Waals surface area contributed by atoms with Gasteiger partial charge in [-0.1, -0.05) is 12.1 Å². The quantitative estimate of drug-likeness (QED) is 0.751. The molecule has 0 bridgehead atoms. The summed E-state index contributed by atoms with van der Waals surface area (Å²) < 4.78 is 31.7. The second-order valence-corrected chi connectivity index (χ2v) is 4.71. The minimum atomic E-state index is -0.607. The van der Waals surface area contributed by atoms with E-state index in [0.717, 1.165) is 29.5 Å². The summed E-state index contributed by atoms with van der Waals surface area (Å²) in [4.78, 5) is 0. The predicted molar refractivity (Wildman–Crippen MR) is 71.7 cm³/mol. The number of hydrogen-bond donors (Lipinski definition) is 0. The number of methoxy groups -OCH3 is 1. The number of halogens is 3. The van der Waals surface area contributed by atoms with E-state index in [2.05, 4.69) is 0 Å². The van der Waals surface area contributed by atoms with Crippen LogP contribution < -0.4 is 4.74 Å². The average Bonchev–Trinajstić information content (AvgIpc) is 2.42. The molecule has 0 radical (unpaired) electrons. The molecule has 0 aliphatic rings. The van der Waals surface area contributed by atoms with E-state index in [1.165, 1.54) is 0 Å². The molecule has 0 N–H and O–H groups in total. The summed E-state index contributed by atoms with van der Waals surface area (Å²) in [6.45, 7) is 0. The van der Waals surface area contributed by atoms with Gasteiger partial charge in [-0.05, 0) is 42.3 Å². The smallest absolute Gasteiger partial charge is 0.128 e. The second kappa shape index (κ2) is 6.02. The van der Waals surface area contributed by atoms with Gasteiger partial charge in [0.1, 0.15) is 17.4 Å². The number of ether oxygens (including phenoxy) is 1. The predicted octanol–water partition coefficient (Wildman–Crippen LogP) is 4.50. The van der Waals surface area contributed by atoms with Gasteiger partial charge >= 0.3 is 0 Å². The molecule has 0 aliphatic carbocycles. The Bertz CT molecular complexity index is 555. The van der Waals surface area contributed by atoms with Gasteiger partial charge in [0.25, 0.3) is 0 Å². The van der Waals surface area contributed by atoms with E-state index < -0.39 is 17.0 Å². The summed E-state index contributed by atoms with van der Waals surface area (Å²) in [5.74, 6) is -0.237. The van der Waals surface area contributed by atoms with E-state index in [0.29, 0.717) is 6.42 Å². The van der Waals surface area contributed by atoms with Crippen molar-refractivity contribution < 1.29 is 13.5 Å². The summed E-state index contributed by atoms with van der Waals surface area (Å²) in [6.07, 6.45) is 0.423. The summed E-state index contributed by atoms with van der Waals surface area (Å²) in [6, 6.07) is 10.6. The lowest BCUT2D eigenvalue weighted by Crippen LogP contribution is -2.00. The van der Waals surface area contributed by atoms with Gasteiger partial charge in [-0.15, -0.1) is 11.6 Å². The normalized spacial score (nSPS) is 12.2. The van der Waals surface area contributed by atoms with Crippen molar-refractivity contribution in [2.24, 2.45) is 0 Å². The molecule has 0 saturated heterocycles. The zero-order valence-corrected chi connectivity index (χ0v) is 11.1. The van der Waals surface area contributed by atoms with E-state index in [9.17, 15) is 8.78 Å². The molecule has 2 aromatic carbocycles. The fraction of sp³-hybridized carbons (Fsp3) is 0.200. The Morgan fingerprint density at radius 2 is 1.79 bits per heavy atom. The summed E-state index contributed by atoms with van der Waals surface area (Å²) >= 11 is 6.15. The van der Waals surface area contributed by atoms with Crippen molar-refractivity contribution in [2.45, 2.75) is 11.8 Å². The SMILES string of the molecule is COc1ccc(CC(Cl)c2cc(F)ccc2F)cc1. The minimum Gasteiger partial charge on any atom is -0.497 e. The lowest BCUT2D eigenvalue weighted by atomic mass is 10.0. The number of rotatable bonds is 4. The van der Waals surface area contributed by atoms with Crippen molar-refractivity contribution in [3.63, 3.8) is 0 Å². The first kappa shape index (κ1) is 13.8. The van der Waals surface area contributed by atoms with Crippen LogP contribution in [0.4, 0.5) is 8.78 Å². The molecular formula is C15H13ClF2O. The fourth-order valence-electron chi connectivity index (χ4n) is 1.83. The molecule has 100 valence electrons. The highest BCUT2D eigenvalue weighted by molar-refractivity contribution is 6.20. The molecule has 19 heavy (non-hydrogen) atoms. The second-order valence-electron chi connectivity index (χ2n) is 4.19. The van der Waals surface area contributed by atoms with Crippen LogP contribution in [-0.2, 0) is 6.42 Å². The van der Waals surface area contributed by atoms with Crippen molar-refractivity contribution >= 4 is 11.6 Å². The molecule has 0 saturated carbocycles. The zero-order chi connectivity index (χ0) is 13.8. The van der Waals surface area contributed by atoms with Crippen LogP contribution in [0.25, 0.3) is 0 Å². The Hall–Kier alpha value is -1.61. The lowest BCUT2D eigenvalue weighted by Gasteiger charge is -2.11. The van der Waals surface area contributed by atoms with Crippen LogP contribution in [0.1, 0.15) is 16.5 Å². The molecule has 0 aliphatic heterocycles. The molecule has 1 unspecified atom stereocenters. The molecule has 0 amide bonds. The van der Waals surface area contributed by atoms with Crippen LogP contribution in [0, 0.1) is 11.6 Å². The maximum atomic E-state index is 13.6. The van der Waals surface area contributed by atoms with Crippen molar-refractivity contribution in [1.29, 1.82) is 0 Å². The fourth-order valence-corrected chi connectivity index (χ4v) is 2.18. The minimum absolute atomic E-state index is 0.178. The standard InChI is InChI=1S/C15H13ClF2O/c1-19-12-5-2-10(3-6-12)8-14(16)13-9-11(17)4-7-15(13)18/h2-7,9,14H,8H2,1H3. The maximum Gasteiger partial charge on any atom is 0.128 e. The van der Waals surface area contributed by atoms with Crippen LogP contribution >= 0.6 is 11.6 Å². The van der Waals surface area contributed by atoms with Gasteiger partial charge in [0.05, 0.1) is 12.5 Å². The Kier molecular flexibility index (Phi) is 4.38. The zero-order valence-electron chi connectivity index (χ0n) is 10.4. The third-order valence-electron chi connectivity index (χ3n) is 2.87. The monoisotopic (exact) mass is 282 g/mol. The molecule has 0 spiro atoms. The molecule has 4 heteroatoms. The highest BCUT2D eigenvalue weighted by Crippen LogP contribution is 2.28. The molecule has 0 aromatic heterocycles. The molecular weight excluding hydrogens is 270 g/mol. The summed E-state index contributed by atoms with van der Waals surface area (Å²) in [5, 5.41) is -0.607.